The molecular formula is C19H22FN3O3S. The number of rotatable bonds is 7. The number of anilines is 2. The first kappa shape index (κ1) is 20.7. The number of amides is 1. The summed E-state index contributed by atoms with van der Waals surface area (Å²) in [6, 6.07) is 7.51. The summed E-state index contributed by atoms with van der Waals surface area (Å²) in [5, 5.41) is 9.51. The van der Waals surface area contributed by atoms with E-state index in [4.69, 9.17) is 5.11 Å². The van der Waals surface area contributed by atoms with Crippen molar-refractivity contribution in [3.63, 3.8) is 0 Å². The van der Waals surface area contributed by atoms with Crippen molar-refractivity contribution in [1.29, 1.82) is 0 Å². The molecule has 0 unspecified atom stereocenters. The second kappa shape index (κ2) is 8.85. The van der Waals surface area contributed by atoms with Gasteiger partial charge in [-0.05, 0) is 42.5 Å². The fourth-order valence-electron chi connectivity index (χ4n) is 2.58. The third-order valence-corrected chi connectivity index (χ3v) is 4.79. The number of nitrogens with zero attached hydrogens (tertiary/aromatic N) is 3. The maximum absolute atomic E-state index is 13.5. The molecule has 0 aliphatic heterocycles. The zero-order valence-electron chi connectivity index (χ0n) is 15.7. The van der Waals surface area contributed by atoms with Crippen LogP contribution in [0.3, 0.4) is 0 Å². The first-order valence-electron chi connectivity index (χ1n) is 8.35. The Morgan fingerprint density at radius 3 is 2.56 bits per heavy atom. The Morgan fingerprint density at radius 1 is 1.26 bits per heavy atom. The van der Waals surface area contributed by atoms with Gasteiger partial charge >= 0.3 is 5.97 Å². The minimum Gasteiger partial charge on any atom is -0.480 e. The van der Waals surface area contributed by atoms with E-state index in [9.17, 15) is 14.0 Å². The highest BCUT2D eigenvalue weighted by Crippen LogP contribution is 2.29. The molecule has 0 aliphatic rings. The minimum atomic E-state index is -0.965. The largest absolute Gasteiger partial charge is 0.480 e. The Bertz CT molecular complexity index is 860. The molecule has 0 fully saturated rings. The Balaban J connectivity index is 2.45. The molecule has 0 saturated carbocycles. The van der Waals surface area contributed by atoms with Gasteiger partial charge in [-0.1, -0.05) is 13.0 Å². The number of likely N-dealkylation sites (N-methyl/N-ethyl adjacent to an activating group) is 1. The van der Waals surface area contributed by atoms with E-state index >= 15 is 0 Å². The third-order valence-electron chi connectivity index (χ3n) is 3.93. The fraction of sp³-hybridized carbons (Fsp3) is 0.316. The first-order valence-corrected chi connectivity index (χ1v) is 9.34. The lowest BCUT2D eigenvalue weighted by Gasteiger charge is -2.22. The smallest absolute Gasteiger partial charge is 0.323 e. The lowest BCUT2D eigenvalue weighted by atomic mass is 10.1. The Morgan fingerprint density at radius 2 is 1.96 bits per heavy atom. The molecule has 8 heteroatoms. The number of aromatic nitrogens is 1. The number of hydrogen-bond donors (Lipinski definition) is 1. The van der Waals surface area contributed by atoms with Crippen LogP contribution in [0.4, 0.5) is 15.9 Å². The number of aryl methyl sites for hydroxylation is 1. The van der Waals surface area contributed by atoms with Crippen molar-refractivity contribution < 1.29 is 19.1 Å². The average molecular weight is 391 g/mol. The van der Waals surface area contributed by atoms with Crippen molar-refractivity contribution >= 4 is 35.1 Å². The molecule has 2 aromatic rings. The predicted molar refractivity (Wildman–Crippen MR) is 105 cm³/mol. The average Bonchev–Trinajstić information content (AvgIpc) is 2.60. The van der Waals surface area contributed by atoms with Gasteiger partial charge in [0.1, 0.15) is 23.2 Å². The lowest BCUT2D eigenvalue weighted by molar-refractivity contribution is -0.135. The number of aliphatic carboxylic acids is 1. The standard InChI is InChI=1S/C19H22FN3O3S/c1-5-27-18-17(12(2)9-15(21-18)22(3)11-16(24)25)19(26)23(4)14-8-6-7-13(20)10-14/h6-10H,5,11H2,1-4H3,(H,24,25). The first-order chi connectivity index (χ1) is 12.7. The predicted octanol–water partition coefficient (Wildman–Crippen LogP) is 3.44. The molecule has 0 bridgehead atoms. The molecule has 0 radical (unpaired) electrons. The number of benzene rings is 1. The van der Waals surface area contributed by atoms with Crippen LogP contribution in [0.1, 0.15) is 22.8 Å². The van der Waals surface area contributed by atoms with Crippen LogP contribution in [0.5, 0.6) is 0 Å². The van der Waals surface area contributed by atoms with Crippen molar-refractivity contribution in [2.24, 2.45) is 0 Å². The lowest BCUT2D eigenvalue weighted by Crippen LogP contribution is -2.29. The molecule has 1 amide bonds. The SMILES string of the molecule is CCSc1nc(N(C)CC(=O)O)cc(C)c1C(=O)N(C)c1cccc(F)c1. The summed E-state index contributed by atoms with van der Waals surface area (Å²) in [7, 11) is 3.22. The molecule has 1 N–H and O–H groups in total. The molecule has 6 nitrogen and oxygen atoms in total. The molecule has 27 heavy (non-hydrogen) atoms. The van der Waals surface area contributed by atoms with Gasteiger partial charge in [-0.25, -0.2) is 9.37 Å². The second-order valence-corrected chi connectivity index (χ2v) is 7.26. The van der Waals surface area contributed by atoms with Crippen molar-refractivity contribution in [1.82, 2.24) is 4.98 Å². The van der Waals surface area contributed by atoms with E-state index in [0.29, 0.717) is 33.4 Å². The van der Waals surface area contributed by atoms with Gasteiger partial charge in [-0.15, -0.1) is 11.8 Å². The number of carboxylic acid groups (broad SMARTS) is 1. The summed E-state index contributed by atoms with van der Waals surface area (Å²) in [6.45, 7) is 3.53. The van der Waals surface area contributed by atoms with E-state index < -0.39 is 11.8 Å². The molecule has 2 rings (SSSR count). The van der Waals surface area contributed by atoms with Crippen LogP contribution in [-0.4, -0.2) is 48.4 Å². The van der Waals surface area contributed by atoms with E-state index in [1.807, 2.05) is 6.92 Å². The normalized spacial score (nSPS) is 10.6. The number of hydrogen-bond acceptors (Lipinski definition) is 5. The van der Waals surface area contributed by atoms with Crippen LogP contribution in [0.15, 0.2) is 35.4 Å². The summed E-state index contributed by atoms with van der Waals surface area (Å²) in [4.78, 5) is 31.4. The van der Waals surface area contributed by atoms with E-state index in [0.717, 1.165) is 0 Å². The van der Waals surface area contributed by atoms with Crippen molar-refractivity contribution in [3.05, 3.63) is 47.3 Å². The molecule has 0 atom stereocenters. The van der Waals surface area contributed by atoms with Gasteiger partial charge in [0.15, 0.2) is 0 Å². The molecule has 0 aliphatic carbocycles. The molecule has 144 valence electrons. The fourth-order valence-corrected chi connectivity index (χ4v) is 3.40. The molecule has 0 spiro atoms. The number of thioether (sulfide) groups is 1. The van der Waals surface area contributed by atoms with Crippen LogP contribution >= 0.6 is 11.8 Å². The maximum atomic E-state index is 13.5. The number of halogens is 1. The zero-order valence-corrected chi connectivity index (χ0v) is 16.5. The number of pyridine rings is 1. The Kier molecular flexibility index (Phi) is 6.79. The highest BCUT2D eigenvalue weighted by Gasteiger charge is 2.23. The van der Waals surface area contributed by atoms with Crippen LogP contribution in [-0.2, 0) is 4.79 Å². The number of carbonyl (C=O) groups excluding carboxylic acids is 1. The summed E-state index contributed by atoms with van der Waals surface area (Å²) >= 11 is 1.40. The van der Waals surface area contributed by atoms with Crippen molar-refractivity contribution in [2.45, 2.75) is 18.9 Å². The van der Waals surface area contributed by atoms with Crippen LogP contribution in [0, 0.1) is 12.7 Å². The van der Waals surface area contributed by atoms with E-state index in [1.54, 1.807) is 39.2 Å². The Labute approximate surface area is 162 Å². The minimum absolute atomic E-state index is 0.195. The monoisotopic (exact) mass is 391 g/mol. The van der Waals surface area contributed by atoms with Gasteiger partial charge in [-0.2, -0.15) is 0 Å². The third kappa shape index (κ3) is 4.97. The van der Waals surface area contributed by atoms with Crippen LogP contribution in [0.25, 0.3) is 0 Å². The van der Waals surface area contributed by atoms with Gasteiger partial charge in [0, 0.05) is 19.8 Å². The number of carboxylic acids is 1. The second-order valence-electron chi connectivity index (χ2n) is 6.00. The molecule has 1 aromatic carbocycles. The molecule has 1 heterocycles. The number of carbonyl (C=O) groups is 2. The van der Waals surface area contributed by atoms with Gasteiger partial charge in [-0.3, -0.25) is 9.59 Å². The van der Waals surface area contributed by atoms with Gasteiger partial charge in [0.2, 0.25) is 0 Å². The summed E-state index contributed by atoms with van der Waals surface area (Å²) in [5.74, 6) is -0.504. The van der Waals surface area contributed by atoms with Gasteiger partial charge in [0.25, 0.3) is 5.91 Å². The highest BCUT2D eigenvalue weighted by atomic mass is 32.2. The van der Waals surface area contributed by atoms with Gasteiger partial charge < -0.3 is 14.9 Å². The molecule has 1 aromatic heterocycles. The van der Waals surface area contributed by atoms with E-state index in [1.165, 1.54) is 33.7 Å². The maximum Gasteiger partial charge on any atom is 0.323 e. The topological polar surface area (TPSA) is 73.7 Å². The molecular weight excluding hydrogens is 369 g/mol. The van der Waals surface area contributed by atoms with Gasteiger partial charge in [0.05, 0.1) is 5.56 Å². The zero-order chi connectivity index (χ0) is 20.1. The quantitative estimate of drug-likeness (QED) is 0.729. The highest BCUT2D eigenvalue weighted by molar-refractivity contribution is 7.99. The van der Waals surface area contributed by atoms with E-state index in [-0.39, 0.29) is 12.5 Å². The Hall–Kier alpha value is -2.61. The van der Waals surface area contributed by atoms with Crippen LogP contribution < -0.4 is 9.80 Å². The molecule has 0 saturated heterocycles. The summed E-state index contributed by atoms with van der Waals surface area (Å²) < 4.78 is 13.5. The summed E-state index contributed by atoms with van der Waals surface area (Å²) in [6.07, 6.45) is 0. The van der Waals surface area contributed by atoms with Crippen LogP contribution in [0.2, 0.25) is 0 Å². The summed E-state index contributed by atoms with van der Waals surface area (Å²) in [5.41, 5.74) is 1.56. The van der Waals surface area contributed by atoms with Crippen molar-refractivity contribution in [3.8, 4) is 0 Å². The van der Waals surface area contributed by atoms with E-state index in [2.05, 4.69) is 4.98 Å². The van der Waals surface area contributed by atoms with Crippen molar-refractivity contribution in [2.75, 3.05) is 36.2 Å².